The number of nitrogens with one attached hydrogen (secondary N) is 1. The van der Waals surface area contributed by atoms with Gasteiger partial charge in [-0.05, 0) is 43.1 Å². The molecule has 1 N–H and O–H groups in total. The summed E-state index contributed by atoms with van der Waals surface area (Å²) < 4.78 is 0. The minimum absolute atomic E-state index is 0.905. The maximum atomic E-state index is 3.58. The molecular formula is C11H23NS2. The first-order valence-electron chi connectivity index (χ1n) is 5.83. The number of hydrogen-bond acceptors (Lipinski definition) is 3. The van der Waals surface area contributed by atoms with Gasteiger partial charge in [0.1, 0.15) is 0 Å². The van der Waals surface area contributed by atoms with Gasteiger partial charge in [0.2, 0.25) is 0 Å². The highest BCUT2D eigenvalue weighted by molar-refractivity contribution is 8.00. The zero-order valence-electron chi connectivity index (χ0n) is 9.26. The summed E-state index contributed by atoms with van der Waals surface area (Å²) in [6.07, 6.45) is 5.65. The van der Waals surface area contributed by atoms with E-state index < -0.39 is 0 Å². The smallest absolute Gasteiger partial charge is 0.0172 e. The van der Waals surface area contributed by atoms with Crippen LogP contribution in [0.3, 0.4) is 0 Å². The third-order valence-corrected chi connectivity index (χ3v) is 4.88. The molecule has 0 aromatic heterocycles. The molecule has 84 valence electrons. The van der Waals surface area contributed by atoms with Crippen molar-refractivity contribution in [2.45, 2.75) is 37.9 Å². The van der Waals surface area contributed by atoms with Crippen LogP contribution >= 0.6 is 23.5 Å². The van der Waals surface area contributed by atoms with Crippen LogP contribution in [0.15, 0.2) is 0 Å². The van der Waals surface area contributed by atoms with Crippen LogP contribution in [-0.2, 0) is 0 Å². The van der Waals surface area contributed by atoms with Crippen molar-refractivity contribution in [3.8, 4) is 0 Å². The number of hydrogen-bond donors (Lipinski definition) is 1. The summed E-state index contributed by atoms with van der Waals surface area (Å²) in [5.41, 5.74) is 0. The fraction of sp³-hybridized carbons (Fsp3) is 1.00. The van der Waals surface area contributed by atoms with Crippen LogP contribution in [0.1, 0.15) is 32.6 Å². The van der Waals surface area contributed by atoms with Gasteiger partial charge < -0.3 is 5.32 Å². The quantitative estimate of drug-likeness (QED) is 0.679. The molecule has 1 aliphatic rings. The molecule has 1 heterocycles. The van der Waals surface area contributed by atoms with Crippen LogP contribution in [0, 0.1) is 0 Å². The average Bonchev–Trinajstić information content (AvgIpc) is 2.25. The normalized spacial score (nSPS) is 22.5. The fourth-order valence-corrected chi connectivity index (χ4v) is 3.59. The van der Waals surface area contributed by atoms with Gasteiger partial charge in [0.05, 0.1) is 0 Å². The van der Waals surface area contributed by atoms with Crippen LogP contribution in [0.25, 0.3) is 0 Å². The van der Waals surface area contributed by atoms with Crippen molar-refractivity contribution in [3.05, 3.63) is 0 Å². The molecule has 0 amide bonds. The molecule has 14 heavy (non-hydrogen) atoms. The molecule has 3 heteroatoms. The molecule has 0 bridgehead atoms. The Balaban J connectivity index is 1.82. The highest BCUT2D eigenvalue weighted by atomic mass is 32.2. The maximum Gasteiger partial charge on any atom is 0.0172 e. The highest BCUT2D eigenvalue weighted by Gasteiger charge is 2.12. The lowest BCUT2D eigenvalue weighted by Gasteiger charge is -2.21. The van der Waals surface area contributed by atoms with E-state index in [1.807, 2.05) is 11.8 Å². The largest absolute Gasteiger partial charge is 0.316 e. The van der Waals surface area contributed by atoms with Gasteiger partial charge >= 0.3 is 0 Å². The molecule has 1 nitrogen and oxygen atoms in total. The maximum absolute atomic E-state index is 3.58. The van der Waals surface area contributed by atoms with E-state index in [1.165, 1.54) is 56.0 Å². The van der Waals surface area contributed by atoms with Gasteiger partial charge in [-0.3, -0.25) is 0 Å². The molecule has 1 saturated heterocycles. The first kappa shape index (κ1) is 12.7. The summed E-state index contributed by atoms with van der Waals surface area (Å²) in [5.74, 6) is 3.97. The second-order valence-corrected chi connectivity index (χ2v) is 6.55. The molecule has 0 aromatic carbocycles. The Morgan fingerprint density at radius 3 is 3.07 bits per heavy atom. The van der Waals surface area contributed by atoms with E-state index in [0.717, 1.165) is 5.25 Å². The van der Waals surface area contributed by atoms with Crippen LogP contribution in [0.2, 0.25) is 0 Å². The third-order valence-electron chi connectivity index (χ3n) is 2.49. The first-order chi connectivity index (χ1) is 6.93. The predicted octanol–water partition coefficient (Wildman–Crippen LogP) is 3.00. The van der Waals surface area contributed by atoms with E-state index in [4.69, 9.17) is 0 Å². The molecule has 0 radical (unpaired) electrons. The van der Waals surface area contributed by atoms with E-state index >= 15 is 0 Å². The Hall–Kier alpha value is 0.660. The zero-order chi connectivity index (χ0) is 10.1. The highest BCUT2D eigenvalue weighted by Crippen LogP contribution is 2.24. The van der Waals surface area contributed by atoms with E-state index in [-0.39, 0.29) is 0 Å². The van der Waals surface area contributed by atoms with Gasteiger partial charge in [0.15, 0.2) is 0 Å². The second kappa shape index (κ2) is 8.93. The standard InChI is InChI=1S/C11H23NS2/c1-2-13-8-5-7-12-10-11-6-3-4-9-14-11/h11-12H,2-10H2,1H3. The van der Waals surface area contributed by atoms with Crippen LogP contribution in [-0.4, -0.2) is 35.6 Å². The molecule has 0 spiro atoms. The van der Waals surface area contributed by atoms with Crippen LogP contribution in [0.4, 0.5) is 0 Å². The summed E-state index contributed by atoms with van der Waals surface area (Å²) in [7, 11) is 0. The Labute approximate surface area is 97.2 Å². The van der Waals surface area contributed by atoms with Crippen LogP contribution in [0.5, 0.6) is 0 Å². The van der Waals surface area contributed by atoms with E-state index in [1.54, 1.807) is 0 Å². The molecule has 1 rings (SSSR count). The van der Waals surface area contributed by atoms with E-state index in [9.17, 15) is 0 Å². The molecule has 1 atom stereocenters. The average molecular weight is 233 g/mol. The Morgan fingerprint density at radius 1 is 1.43 bits per heavy atom. The van der Waals surface area contributed by atoms with Gasteiger partial charge in [0, 0.05) is 11.8 Å². The lowest BCUT2D eigenvalue weighted by molar-refractivity contribution is 0.596. The molecular weight excluding hydrogens is 210 g/mol. The number of rotatable bonds is 7. The third kappa shape index (κ3) is 6.20. The molecule has 0 aromatic rings. The lowest BCUT2D eigenvalue weighted by atomic mass is 10.2. The second-order valence-electron chi connectivity index (χ2n) is 3.74. The fourth-order valence-electron chi connectivity index (χ4n) is 1.68. The van der Waals surface area contributed by atoms with Crippen molar-refractivity contribution in [2.75, 3.05) is 30.3 Å². The Bertz CT molecular complexity index is 124. The summed E-state index contributed by atoms with van der Waals surface area (Å²) in [6, 6.07) is 0. The van der Waals surface area contributed by atoms with Gasteiger partial charge in [-0.15, -0.1) is 0 Å². The van der Waals surface area contributed by atoms with Gasteiger partial charge in [-0.1, -0.05) is 13.3 Å². The van der Waals surface area contributed by atoms with Gasteiger partial charge in [0.25, 0.3) is 0 Å². The lowest BCUT2D eigenvalue weighted by Crippen LogP contribution is -2.27. The van der Waals surface area contributed by atoms with Gasteiger partial charge in [-0.2, -0.15) is 23.5 Å². The predicted molar refractivity (Wildman–Crippen MR) is 70.6 cm³/mol. The Kier molecular flexibility index (Phi) is 8.12. The summed E-state index contributed by atoms with van der Waals surface area (Å²) >= 11 is 4.21. The summed E-state index contributed by atoms with van der Waals surface area (Å²) in [6.45, 7) is 4.68. The minimum Gasteiger partial charge on any atom is -0.316 e. The summed E-state index contributed by atoms with van der Waals surface area (Å²) in [5, 5.41) is 4.48. The number of thioether (sulfide) groups is 2. The van der Waals surface area contributed by atoms with E-state index in [0.29, 0.717) is 0 Å². The zero-order valence-corrected chi connectivity index (χ0v) is 10.9. The first-order valence-corrected chi connectivity index (χ1v) is 8.04. The molecule has 1 unspecified atom stereocenters. The Morgan fingerprint density at radius 2 is 2.36 bits per heavy atom. The van der Waals surface area contributed by atoms with Gasteiger partial charge in [-0.25, -0.2) is 0 Å². The topological polar surface area (TPSA) is 12.0 Å². The van der Waals surface area contributed by atoms with Crippen molar-refractivity contribution in [3.63, 3.8) is 0 Å². The minimum atomic E-state index is 0.905. The molecule has 0 saturated carbocycles. The van der Waals surface area contributed by atoms with Crippen molar-refractivity contribution < 1.29 is 0 Å². The van der Waals surface area contributed by atoms with Crippen molar-refractivity contribution in [1.29, 1.82) is 0 Å². The molecule has 1 fully saturated rings. The molecule has 1 aliphatic heterocycles. The van der Waals surface area contributed by atoms with Crippen molar-refractivity contribution >= 4 is 23.5 Å². The monoisotopic (exact) mass is 233 g/mol. The van der Waals surface area contributed by atoms with Crippen molar-refractivity contribution in [1.82, 2.24) is 5.32 Å². The molecule has 0 aliphatic carbocycles. The van der Waals surface area contributed by atoms with E-state index in [2.05, 4.69) is 24.0 Å². The summed E-state index contributed by atoms with van der Waals surface area (Å²) in [4.78, 5) is 0. The van der Waals surface area contributed by atoms with Crippen LogP contribution < -0.4 is 5.32 Å². The van der Waals surface area contributed by atoms with Crippen molar-refractivity contribution in [2.24, 2.45) is 0 Å². The SMILES string of the molecule is CCSCCCNCC1CCCCS1.